The average Bonchev–Trinajstić information content (AvgIpc) is 2.60. The zero-order valence-corrected chi connectivity index (χ0v) is 9.99. The molecule has 0 unspecified atom stereocenters. The van der Waals surface area contributed by atoms with Crippen LogP contribution in [0.5, 0.6) is 0 Å². The van der Waals surface area contributed by atoms with E-state index in [-0.39, 0.29) is 10.3 Å². The molecule has 0 spiro atoms. The summed E-state index contributed by atoms with van der Waals surface area (Å²) in [5.74, 6) is -1.70. The maximum Gasteiger partial charge on any atom is 0.233 e. The molecule has 15 heavy (non-hydrogen) atoms. The van der Waals surface area contributed by atoms with Gasteiger partial charge in [0, 0.05) is 10.9 Å². The minimum absolute atomic E-state index is 0.0759. The van der Waals surface area contributed by atoms with E-state index in [1.165, 1.54) is 11.3 Å². The average molecular weight is 291 g/mol. The van der Waals surface area contributed by atoms with Crippen molar-refractivity contribution in [2.75, 3.05) is 0 Å². The zero-order chi connectivity index (χ0) is 11.0. The van der Waals surface area contributed by atoms with Crippen molar-refractivity contribution in [2.24, 2.45) is 0 Å². The van der Waals surface area contributed by atoms with Crippen LogP contribution in [0.4, 0.5) is 8.78 Å². The summed E-state index contributed by atoms with van der Waals surface area (Å²) in [6.45, 7) is 1.84. The molecule has 0 N–H and O–H groups in total. The fraction of sp³-hybridized carbons (Fsp3) is 0.111. The quantitative estimate of drug-likeness (QED) is 0.751. The van der Waals surface area contributed by atoms with Crippen LogP contribution < -0.4 is 0 Å². The third kappa shape index (κ3) is 1.91. The van der Waals surface area contributed by atoms with E-state index in [1.807, 2.05) is 12.3 Å². The maximum absolute atomic E-state index is 13.1. The van der Waals surface area contributed by atoms with Crippen LogP contribution in [-0.4, -0.2) is 9.97 Å². The first-order chi connectivity index (χ1) is 7.09. The van der Waals surface area contributed by atoms with E-state index < -0.39 is 11.9 Å². The molecular weight excluding hydrogens is 286 g/mol. The van der Waals surface area contributed by atoms with Gasteiger partial charge < -0.3 is 0 Å². The summed E-state index contributed by atoms with van der Waals surface area (Å²) in [4.78, 5) is 7.16. The second-order valence-electron chi connectivity index (χ2n) is 2.91. The van der Waals surface area contributed by atoms with Crippen molar-refractivity contribution >= 4 is 27.3 Å². The number of rotatable bonds is 1. The number of hydrogen-bond acceptors (Lipinski definition) is 3. The van der Waals surface area contributed by atoms with E-state index in [1.54, 1.807) is 5.38 Å². The molecule has 2 nitrogen and oxygen atoms in total. The van der Waals surface area contributed by atoms with Gasteiger partial charge >= 0.3 is 0 Å². The van der Waals surface area contributed by atoms with Crippen molar-refractivity contribution in [2.45, 2.75) is 6.92 Å². The summed E-state index contributed by atoms with van der Waals surface area (Å²) in [7, 11) is 0. The van der Waals surface area contributed by atoms with Gasteiger partial charge in [0.25, 0.3) is 0 Å². The Hall–Kier alpha value is -0.880. The number of aromatic nitrogens is 2. The number of hydrogen-bond donors (Lipinski definition) is 0. The van der Waals surface area contributed by atoms with Crippen LogP contribution in [0.15, 0.2) is 15.2 Å². The Bertz CT molecular complexity index is 490. The lowest BCUT2D eigenvalue weighted by Gasteiger charge is -2.01. The predicted octanol–water partition coefficient (Wildman–Crippen LogP) is 3.55. The smallest absolute Gasteiger partial charge is 0.198 e. The van der Waals surface area contributed by atoms with Crippen LogP contribution in [0.1, 0.15) is 5.56 Å². The fourth-order valence-electron chi connectivity index (χ4n) is 1.10. The van der Waals surface area contributed by atoms with Crippen LogP contribution in [0.2, 0.25) is 0 Å². The Morgan fingerprint density at radius 2 is 1.80 bits per heavy atom. The highest BCUT2D eigenvalue weighted by atomic mass is 79.9. The summed E-state index contributed by atoms with van der Waals surface area (Å²) >= 11 is 4.16. The summed E-state index contributed by atoms with van der Waals surface area (Å²) in [6.07, 6.45) is 0. The lowest BCUT2D eigenvalue weighted by Crippen LogP contribution is -1.98. The largest absolute Gasteiger partial charge is 0.233 e. The van der Waals surface area contributed by atoms with Gasteiger partial charge in [-0.1, -0.05) is 0 Å². The summed E-state index contributed by atoms with van der Waals surface area (Å²) in [5, 5.41) is 3.63. The van der Waals surface area contributed by atoms with E-state index in [4.69, 9.17) is 0 Å². The molecule has 0 saturated carbocycles. The van der Waals surface area contributed by atoms with E-state index in [0.29, 0.717) is 5.56 Å². The first-order valence-corrected chi connectivity index (χ1v) is 5.75. The Balaban J connectivity index is 2.60. The van der Waals surface area contributed by atoms with Crippen LogP contribution >= 0.6 is 27.3 Å². The van der Waals surface area contributed by atoms with Crippen molar-refractivity contribution in [3.05, 3.63) is 32.7 Å². The molecular formula is C9H5BrF2N2S. The lowest BCUT2D eigenvalue weighted by molar-refractivity contribution is 0.516. The Kier molecular flexibility index (Phi) is 2.79. The molecule has 78 valence electrons. The Labute approximate surface area is 97.1 Å². The van der Waals surface area contributed by atoms with Gasteiger partial charge in [-0.15, -0.1) is 0 Å². The number of halogens is 3. The lowest BCUT2D eigenvalue weighted by atomic mass is 10.2. The van der Waals surface area contributed by atoms with Gasteiger partial charge in [0.2, 0.25) is 11.9 Å². The SMILES string of the molecule is Cc1cscc1-c1nc(F)c(Br)c(F)n1. The van der Waals surface area contributed by atoms with Crippen molar-refractivity contribution < 1.29 is 8.78 Å². The Morgan fingerprint density at radius 1 is 1.20 bits per heavy atom. The molecule has 0 bridgehead atoms. The highest BCUT2D eigenvalue weighted by Crippen LogP contribution is 2.26. The number of aryl methyl sites for hydroxylation is 1. The van der Waals surface area contributed by atoms with Gasteiger partial charge in [-0.2, -0.15) is 30.1 Å². The number of thiophene rings is 1. The third-order valence-corrected chi connectivity index (χ3v) is 3.38. The molecule has 2 heterocycles. The minimum atomic E-state index is -0.886. The van der Waals surface area contributed by atoms with Crippen LogP contribution in [-0.2, 0) is 0 Å². The van der Waals surface area contributed by atoms with Gasteiger partial charge in [0.1, 0.15) is 4.47 Å². The highest BCUT2D eigenvalue weighted by molar-refractivity contribution is 9.10. The molecule has 0 amide bonds. The highest BCUT2D eigenvalue weighted by Gasteiger charge is 2.14. The molecule has 0 atom stereocenters. The van der Waals surface area contributed by atoms with Gasteiger partial charge in [-0.25, -0.2) is 0 Å². The van der Waals surface area contributed by atoms with E-state index in [9.17, 15) is 8.78 Å². The minimum Gasteiger partial charge on any atom is -0.198 e. The maximum atomic E-state index is 13.1. The molecule has 2 aromatic rings. The van der Waals surface area contributed by atoms with Crippen molar-refractivity contribution in [3.63, 3.8) is 0 Å². The topological polar surface area (TPSA) is 25.8 Å². The molecule has 0 aromatic carbocycles. The molecule has 0 aliphatic heterocycles. The summed E-state index contributed by atoms with van der Waals surface area (Å²) < 4.78 is 25.9. The standard InChI is InChI=1S/C9H5BrF2N2S/c1-4-2-15-3-5(4)9-13-7(11)6(10)8(12)14-9/h2-3H,1H3. The van der Waals surface area contributed by atoms with Crippen LogP contribution in [0.25, 0.3) is 11.4 Å². The third-order valence-electron chi connectivity index (χ3n) is 1.87. The molecule has 0 radical (unpaired) electrons. The number of nitrogens with zero attached hydrogens (tertiary/aromatic N) is 2. The molecule has 0 aliphatic carbocycles. The normalized spacial score (nSPS) is 10.7. The molecule has 0 aliphatic rings. The molecule has 0 saturated heterocycles. The molecule has 2 rings (SSSR count). The van der Waals surface area contributed by atoms with Gasteiger partial charge in [0.15, 0.2) is 5.82 Å². The second-order valence-corrected chi connectivity index (χ2v) is 4.45. The van der Waals surface area contributed by atoms with E-state index in [0.717, 1.165) is 5.56 Å². The summed E-state index contributed by atoms with van der Waals surface area (Å²) in [5.41, 5.74) is 1.56. The van der Waals surface area contributed by atoms with E-state index >= 15 is 0 Å². The Morgan fingerprint density at radius 3 is 2.27 bits per heavy atom. The van der Waals surface area contributed by atoms with Crippen molar-refractivity contribution in [3.8, 4) is 11.4 Å². The zero-order valence-electron chi connectivity index (χ0n) is 7.59. The van der Waals surface area contributed by atoms with Gasteiger partial charge in [0.05, 0.1) is 0 Å². The molecule has 6 heteroatoms. The first kappa shape index (κ1) is 10.6. The fourth-order valence-corrected chi connectivity index (χ4v) is 2.11. The molecule has 2 aromatic heterocycles. The monoisotopic (exact) mass is 290 g/mol. The summed E-state index contributed by atoms with van der Waals surface area (Å²) in [6, 6.07) is 0. The first-order valence-electron chi connectivity index (χ1n) is 4.01. The van der Waals surface area contributed by atoms with Crippen molar-refractivity contribution in [1.82, 2.24) is 9.97 Å². The van der Waals surface area contributed by atoms with Gasteiger partial charge in [-0.05, 0) is 33.8 Å². The molecule has 0 fully saturated rings. The van der Waals surface area contributed by atoms with Crippen LogP contribution in [0, 0.1) is 18.8 Å². The second kappa shape index (κ2) is 3.94. The van der Waals surface area contributed by atoms with Crippen molar-refractivity contribution in [1.29, 1.82) is 0 Å². The van der Waals surface area contributed by atoms with E-state index in [2.05, 4.69) is 25.9 Å². The van der Waals surface area contributed by atoms with Gasteiger partial charge in [-0.3, -0.25) is 0 Å². The van der Waals surface area contributed by atoms with Crippen LogP contribution in [0.3, 0.4) is 0 Å². The predicted molar refractivity (Wildman–Crippen MR) is 57.7 cm³/mol.